The van der Waals surface area contributed by atoms with E-state index in [4.69, 9.17) is 0 Å². The summed E-state index contributed by atoms with van der Waals surface area (Å²) in [5.41, 5.74) is 0.00704. The van der Waals surface area contributed by atoms with Crippen molar-refractivity contribution in [3.63, 3.8) is 0 Å². The number of hydrogen-bond acceptors (Lipinski definition) is 2. The molecule has 0 radical (unpaired) electrons. The zero-order chi connectivity index (χ0) is 8.20. The lowest BCUT2D eigenvalue weighted by molar-refractivity contribution is -0.142. The van der Waals surface area contributed by atoms with Gasteiger partial charge in [0.15, 0.2) is 0 Å². The predicted octanol–water partition coefficient (Wildman–Crippen LogP) is 1.97. The van der Waals surface area contributed by atoms with Gasteiger partial charge >= 0.3 is 5.97 Å². The predicted molar refractivity (Wildman–Crippen MR) is 44.2 cm³/mol. The first kappa shape index (κ1) is 9.95. The van der Waals surface area contributed by atoms with Gasteiger partial charge in [-0.2, -0.15) is 0 Å². The number of halogens is 1. The molecule has 0 aliphatic rings. The zero-order valence-corrected chi connectivity index (χ0v) is 8.19. The fraction of sp³-hybridized carbons (Fsp3) is 0.857. The van der Waals surface area contributed by atoms with E-state index >= 15 is 0 Å². The van der Waals surface area contributed by atoms with E-state index in [9.17, 15) is 4.79 Å². The minimum absolute atomic E-state index is 0.00704. The number of esters is 1. The van der Waals surface area contributed by atoms with Crippen molar-refractivity contribution in [1.82, 2.24) is 0 Å². The largest absolute Gasteiger partial charge is 0.469 e. The van der Waals surface area contributed by atoms with E-state index < -0.39 is 0 Å². The molecule has 0 heterocycles. The van der Waals surface area contributed by atoms with E-state index in [1.807, 2.05) is 13.8 Å². The molecule has 0 atom stereocenters. The van der Waals surface area contributed by atoms with E-state index in [-0.39, 0.29) is 11.4 Å². The van der Waals surface area contributed by atoms with Gasteiger partial charge in [-0.3, -0.25) is 4.79 Å². The zero-order valence-electron chi connectivity index (χ0n) is 6.61. The summed E-state index contributed by atoms with van der Waals surface area (Å²) in [7, 11) is 1.41. The van der Waals surface area contributed by atoms with Crippen LogP contribution in [0.25, 0.3) is 0 Å². The Morgan fingerprint density at radius 1 is 1.60 bits per heavy atom. The molecule has 0 unspecified atom stereocenters. The number of methoxy groups -OCH3 is 1. The Kier molecular flexibility index (Phi) is 3.94. The molecule has 3 heteroatoms. The third-order valence-electron chi connectivity index (χ3n) is 1.21. The van der Waals surface area contributed by atoms with E-state index in [0.29, 0.717) is 6.42 Å². The molecule has 0 aromatic carbocycles. The van der Waals surface area contributed by atoms with Crippen molar-refractivity contribution in [2.45, 2.75) is 20.3 Å². The quantitative estimate of drug-likeness (QED) is 0.524. The summed E-state index contributed by atoms with van der Waals surface area (Å²) in [6.07, 6.45) is 0.467. The van der Waals surface area contributed by atoms with Gasteiger partial charge in [-0.15, -0.1) is 0 Å². The highest BCUT2D eigenvalue weighted by Gasteiger charge is 2.20. The molecule has 0 bridgehead atoms. The first-order valence-electron chi connectivity index (χ1n) is 3.14. The lowest BCUT2D eigenvalue weighted by atomic mass is 9.92. The van der Waals surface area contributed by atoms with E-state index in [2.05, 4.69) is 20.7 Å². The minimum Gasteiger partial charge on any atom is -0.469 e. The number of rotatable bonds is 3. The minimum atomic E-state index is -0.149. The second-order valence-electron chi connectivity index (χ2n) is 3.05. The summed E-state index contributed by atoms with van der Waals surface area (Å²) in [4.78, 5) is 10.7. The van der Waals surface area contributed by atoms with E-state index in [1.54, 1.807) is 0 Å². The summed E-state index contributed by atoms with van der Waals surface area (Å²) in [5.74, 6) is -0.149. The molecule has 0 rings (SSSR count). The molecule has 0 aliphatic heterocycles. The number of ether oxygens (including phenoxy) is 1. The van der Waals surface area contributed by atoms with Crippen molar-refractivity contribution in [2.75, 3.05) is 12.4 Å². The van der Waals surface area contributed by atoms with Gasteiger partial charge < -0.3 is 4.74 Å². The number of carbonyl (C=O) groups excluding carboxylic acids is 1. The molecule has 0 spiro atoms. The lowest BCUT2D eigenvalue weighted by Gasteiger charge is -2.18. The van der Waals surface area contributed by atoms with Crippen molar-refractivity contribution in [3.05, 3.63) is 0 Å². The van der Waals surface area contributed by atoms with Crippen LogP contribution in [0.15, 0.2) is 0 Å². The maximum Gasteiger partial charge on any atom is 0.306 e. The number of hydrogen-bond donors (Lipinski definition) is 0. The summed E-state index contributed by atoms with van der Waals surface area (Å²) in [5, 5.41) is 0.815. The van der Waals surface area contributed by atoms with Gasteiger partial charge in [-0.25, -0.2) is 0 Å². The number of carbonyl (C=O) groups is 1. The fourth-order valence-corrected chi connectivity index (χ4v) is 0.708. The molecule has 2 nitrogen and oxygen atoms in total. The van der Waals surface area contributed by atoms with E-state index in [0.717, 1.165) is 5.33 Å². The van der Waals surface area contributed by atoms with Crippen LogP contribution in [0.1, 0.15) is 20.3 Å². The molecule has 0 N–H and O–H groups in total. The first-order chi connectivity index (χ1) is 4.52. The van der Waals surface area contributed by atoms with Crippen LogP contribution >= 0.6 is 15.9 Å². The van der Waals surface area contributed by atoms with Crippen molar-refractivity contribution < 1.29 is 9.53 Å². The van der Waals surface area contributed by atoms with Gasteiger partial charge in [0.05, 0.1) is 13.5 Å². The highest BCUT2D eigenvalue weighted by molar-refractivity contribution is 9.09. The van der Waals surface area contributed by atoms with Gasteiger partial charge in [0, 0.05) is 5.33 Å². The molecule has 0 aromatic rings. The second-order valence-corrected chi connectivity index (χ2v) is 3.61. The molecule has 0 aromatic heterocycles. The van der Waals surface area contributed by atoms with Gasteiger partial charge in [0.1, 0.15) is 0 Å². The topological polar surface area (TPSA) is 26.3 Å². The Morgan fingerprint density at radius 3 is 2.40 bits per heavy atom. The molecule has 0 amide bonds. The van der Waals surface area contributed by atoms with Crippen LogP contribution in [0.3, 0.4) is 0 Å². The van der Waals surface area contributed by atoms with Crippen LogP contribution in [0.2, 0.25) is 0 Å². The van der Waals surface area contributed by atoms with Crippen molar-refractivity contribution in [1.29, 1.82) is 0 Å². The lowest BCUT2D eigenvalue weighted by Crippen LogP contribution is -2.19. The molecule has 0 saturated heterocycles. The van der Waals surface area contributed by atoms with Gasteiger partial charge in [-0.1, -0.05) is 29.8 Å². The molecular formula is C7H13BrO2. The Morgan fingerprint density at radius 2 is 2.10 bits per heavy atom. The Bertz CT molecular complexity index is 121. The van der Waals surface area contributed by atoms with Crippen molar-refractivity contribution >= 4 is 21.9 Å². The first-order valence-corrected chi connectivity index (χ1v) is 4.27. The Labute approximate surface area is 70.1 Å². The van der Waals surface area contributed by atoms with Gasteiger partial charge in [-0.05, 0) is 5.41 Å². The summed E-state index contributed by atoms with van der Waals surface area (Å²) in [6, 6.07) is 0. The van der Waals surface area contributed by atoms with Gasteiger partial charge in [0.25, 0.3) is 0 Å². The Hall–Kier alpha value is -0.0500. The Balaban J connectivity index is 3.76. The van der Waals surface area contributed by atoms with Crippen molar-refractivity contribution in [3.8, 4) is 0 Å². The summed E-state index contributed by atoms with van der Waals surface area (Å²) >= 11 is 3.32. The third-order valence-corrected chi connectivity index (χ3v) is 2.73. The average Bonchev–Trinajstić information content (AvgIpc) is 1.87. The standard InChI is InChI=1S/C7H13BrO2/c1-7(2,5-8)4-6(9)10-3/h4-5H2,1-3H3. The summed E-state index contributed by atoms with van der Waals surface area (Å²) < 4.78 is 4.53. The van der Waals surface area contributed by atoms with Crippen LogP contribution in [-0.4, -0.2) is 18.4 Å². The normalized spacial score (nSPS) is 11.2. The SMILES string of the molecule is COC(=O)CC(C)(C)CBr. The molecular weight excluding hydrogens is 196 g/mol. The third kappa shape index (κ3) is 3.88. The maximum atomic E-state index is 10.7. The fourth-order valence-electron chi connectivity index (χ4n) is 0.510. The molecule has 0 saturated carbocycles. The van der Waals surface area contributed by atoms with Crippen LogP contribution in [0.4, 0.5) is 0 Å². The van der Waals surface area contributed by atoms with E-state index in [1.165, 1.54) is 7.11 Å². The van der Waals surface area contributed by atoms with Crippen LogP contribution in [0.5, 0.6) is 0 Å². The molecule has 10 heavy (non-hydrogen) atoms. The summed E-state index contributed by atoms with van der Waals surface area (Å²) in [6.45, 7) is 4.03. The highest BCUT2D eigenvalue weighted by atomic mass is 79.9. The van der Waals surface area contributed by atoms with Crippen LogP contribution in [0, 0.1) is 5.41 Å². The highest BCUT2D eigenvalue weighted by Crippen LogP contribution is 2.22. The van der Waals surface area contributed by atoms with Crippen LogP contribution in [-0.2, 0) is 9.53 Å². The molecule has 60 valence electrons. The second kappa shape index (κ2) is 3.96. The molecule has 0 aliphatic carbocycles. The van der Waals surface area contributed by atoms with Crippen molar-refractivity contribution in [2.24, 2.45) is 5.41 Å². The van der Waals surface area contributed by atoms with Crippen LogP contribution < -0.4 is 0 Å². The number of alkyl halides is 1. The monoisotopic (exact) mass is 208 g/mol. The van der Waals surface area contributed by atoms with Gasteiger partial charge in [0.2, 0.25) is 0 Å². The molecule has 0 fully saturated rings. The average molecular weight is 209 g/mol. The maximum absolute atomic E-state index is 10.7. The smallest absolute Gasteiger partial charge is 0.306 e.